The van der Waals surface area contributed by atoms with Crippen LogP contribution >= 0.6 is 0 Å². The third-order valence-electron chi connectivity index (χ3n) is 3.34. The number of anilines is 1. The zero-order valence-electron chi connectivity index (χ0n) is 10.9. The third-order valence-corrected chi connectivity index (χ3v) is 3.34. The number of hydrogen-bond donors (Lipinski definition) is 1. The quantitative estimate of drug-likeness (QED) is 0.846. The van der Waals surface area contributed by atoms with Crippen LogP contribution in [0.5, 0.6) is 0 Å². The lowest BCUT2D eigenvalue weighted by molar-refractivity contribution is 0.0601. The van der Waals surface area contributed by atoms with Crippen molar-refractivity contribution in [2.45, 2.75) is 19.3 Å². The summed E-state index contributed by atoms with van der Waals surface area (Å²) in [7, 11) is 1.30. The van der Waals surface area contributed by atoms with Gasteiger partial charge in [-0.1, -0.05) is 6.07 Å². The first kappa shape index (κ1) is 13.4. The molecule has 0 radical (unpaired) electrons. The van der Waals surface area contributed by atoms with E-state index in [0.717, 1.165) is 32.4 Å². The smallest absolute Gasteiger partial charge is 0.339 e. The normalized spacial score (nSPS) is 15.1. The predicted molar refractivity (Wildman–Crippen MR) is 70.8 cm³/mol. The summed E-state index contributed by atoms with van der Waals surface area (Å²) in [5.41, 5.74) is 0.968. The molecule has 0 amide bonds. The maximum Gasteiger partial charge on any atom is 0.339 e. The van der Waals surface area contributed by atoms with Gasteiger partial charge in [-0.3, -0.25) is 0 Å². The highest BCUT2D eigenvalue weighted by atomic mass is 16.5. The van der Waals surface area contributed by atoms with Crippen molar-refractivity contribution in [3.8, 4) is 0 Å². The molecule has 1 saturated heterocycles. The number of esters is 1. The monoisotopic (exact) mass is 263 g/mol. The van der Waals surface area contributed by atoms with Gasteiger partial charge in [0.2, 0.25) is 0 Å². The summed E-state index contributed by atoms with van der Waals surface area (Å²) < 4.78 is 4.74. The summed E-state index contributed by atoms with van der Waals surface area (Å²) in [5.74, 6) is -1.52. The van der Waals surface area contributed by atoms with Crippen LogP contribution in [0.25, 0.3) is 0 Å². The first-order chi connectivity index (χ1) is 9.15. The molecule has 0 unspecified atom stereocenters. The molecule has 0 spiro atoms. The molecule has 0 aromatic heterocycles. The van der Waals surface area contributed by atoms with Crippen LogP contribution in [0.15, 0.2) is 18.2 Å². The Morgan fingerprint density at radius 3 is 2.37 bits per heavy atom. The molecule has 0 saturated carbocycles. The highest BCUT2D eigenvalue weighted by molar-refractivity contribution is 6.04. The second-order valence-corrected chi connectivity index (χ2v) is 4.55. The van der Waals surface area contributed by atoms with E-state index in [0.29, 0.717) is 11.3 Å². The van der Waals surface area contributed by atoms with Gasteiger partial charge in [0.15, 0.2) is 0 Å². The lowest BCUT2D eigenvalue weighted by Gasteiger charge is -2.31. The van der Waals surface area contributed by atoms with Crippen LogP contribution in [0.3, 0.4) is 0 Å². The third kappa shape index (κ3) is 2.70. The molecule has 102 valence electrons. The summed E-state index contributed by atoms with van der Waals surface area (Å²) in [6, 6.07) is 4.71. The Balaban J connectivity index is 2.51. The number of para-hydroxylation sites is 1. The zero-order valence-corrected chi connectivity index (χ0v) is 10.9. The number of carboxylic acid groups (broad SMARTS) is 1. The lowest BCUT2D eigenvalue weighted by atomic mass is 10.0. The molecular weight excluding hydrogens is 246 g/mol. The molecule has 0 aliphatic carbocycles. The molecule has 1 heterocycles. The highest BCUT2D eigenvalue weighted by Gasteiger charge is 2.24. The molecule has 2 rings (SSSR count). The minimum absolute atomic E-state index is 0.157. The lowest BCUT2D eigenvalue weighted by Crippen LogP contribution is -2.32. The van der Waals surface area contributed by atoms with Crippen molar-refractivity contribution in [1.29, 1.82) is 0 Å². The molecular formula is C14H17NO4. The first-order valence-electron chi connectivity index (χ1n) is 6.34. The maximum absolute atomic E-state index is 11.8. The van der Waals surface area contributed by atoms with E-state index in [1.165, 1.54) is 13.2 Å². The van der Waals surface area contributed by atoms with Gasteiger partial charge in [0.1, 0.15) is 0 Å². The van der Waals surface area contributed by atoms with Gasteiger partial charge in [-0.05, 0) is 31.4 Å². The Labute approximate surface area is 111 Å². The summed E-state index contributed by atoms with van der Waals surface area (Å²) in [6.45, 7) is 1.54. The van der Waals surface area contributed by atoms with Crippen molar-refractivity contribution < 1.29 is 19.4 Å². The van der Waals surface area contributed by atoms with E-state index in [1.54, 1.807) is 12.1 Å². The first-order valence-corrected chi connectivity index (χ1v) is 6.34. The average Bonchev–Trinajstić information content (AvgIpc) is 2.46. The summed E-state index contributed by atoms with van der Waals surface area (Å²) in [4.78, 5) is 25.1. The maximum atomic E-state index is 11.8. The van der Waals surface area contributed by atoms with E-state index in [4.69, 9.17) is 4.74 Å². The molecule has 1 aliphatic heterocycles. The standard InChI is InChI=1S/C14H17NO4/c1-19-14(18)11-7-5-6-10(13(16)17)12(11)15-8-3-2-4-9-15/h5-7H,2-4,8-9H2,1H3,(H,16,17). The molecule has 0 bridgehead atoms. The second-order valence-electron chi connectivity index (χ2n) is 4.55. The fraction of sp³-hybridized carbons (Fsp3) is 0.429. The number of carboxylic acids is 1. The number of methoxy groups -OCH3 is 1. The van der Waals surface area contributed by atoms with E-state index < -0.39 is 11.9 Å². The van der Waals surface area contributed by atoms with Gasteiger partial charge in [-0.25, -0.2) is 9.59 Å². The van der Waals surface area contributed by atoms with Crippen molar-refractivity contribution in [3.05, 3.63) is 29.3 Å². The molecule has 19 heavy (non-hydrogen) atoms. The van der Waals surface area contributed by atoms with Crippen LogP contribution in [-0.2, 0) is 4.74 Å². The Morgan fingerprint density at radius 2 is 1.79 bits per heavy atom. The van der Waals surface area contributed by atoms with Crippen molar-refractivity contribution in [2.24, 2.45) is 0 Å². The van der Waals surface area contributed by atoms with Crippen molar-refractivity contribution in [1.82, 2.24) is 0 Å². The van der Waals surface area contributed by atoms with Crippen molar-refractivity contribution in [2.75, 3.05) is 25.1 Å². The minimum Gasteiger partial charge on any atom is -0.478 e. The van der Waals surface area contributed by atoms with Gasteiger partial charge in [-0.2, -0.15) is 0 Å². The summed E-state index contributed by atoms with van der Waals surface area (Å²) in [5, 5.41) is 9.30. The number of carbonyl (C=O) groups is 2. The number of aromatic carboxylic acids is 1. The SMILES string of the molecule is COC(=O)c1cccc(C(=O)O)c1N1CCCCC1. The number of ether oxygens (including phenoxy) is 1. The Morgan fingerprint density at radius 1 is 1.16 bits per heavy atom. The minimum atomic E-state index is -1.02. The molecule has 5 nitrogen and oxygen atoms in total. The number of hydrogen-bond acceptors (Lipinski definition) is 4. The molecule has 5 heteroatoms. The Bertz CT molecular complexity index is 492. The van der Waals surface area contributed by atoms with E-state index in [1.807, 2.05) is 4.90 Å². The molecule has 1 aromatic carbocycles. The molecule has 1 aliphatic rings. The topological polar surface area (TPSA) is 66.8 Å². The van der Waals surface area contributed by atoms with Crippen LogP contribution < -0.4 is 4.90 Å². The fourth-order valence-corrected chi connectivity index (χ4v) is 2.45. The van der Waals surface area contributed by atoms with E-state index in [-0.39, 0.29) is 5.56 Å². The van der Waals surface area contributed by atoms with E-state index in [2.05, 4.69) is 0 Å². The molecule has 1 aromatic rings. The summed E-state index contributed by atoms with van der Waals surface area (Å²) >= 11 is 0. The zero-order chi connectivity index (χ0) is 13.8. The van der Waals surface area contributed by atoms with Gasteiger partial charge in [0.25, 0.3) is 0 Å². The van der Waals surface area contributed by atoms with Crippen LogP contribution in [0.4, 0.5) is 5.69 Å². The predicted octanol–water partition coefficient (Wildman–Crippen LogP) is 2.16. The fourth-order valence-electron chi connectivity index (χ4n) is 2.45. The second kappa shape index (κ2) is 5.73. The molecule has 1 N–H and O–H groups in total. The molecule has 1 fully saturated rings. The van der Waals surface area contributed by atoms with Crippen molar-refractivity contribution >= 4 is 17.6 Å². The van der Waals surface area contributed by atoms with Gasteiger partial charge < -0.3 is 14.7 Å². The Hall–Kier alpha value is -2.04. The number of nitrogens with zero attached hydrogens (tertiary/aromatic N) is 1. The number of piperidine rings is 1. The largest absolute Gasteiger partial charge is 0.478 e. The number of carbonyl (C=O) groups excluding carboxylic acids is 1. The number of benzene rings is 1. The highest BCUT2D eigenvalue weighted by Crippen LogP contribution is 2.29. The van der Waals surface area contributed by atoms with Crippen LogP contribution in [0, 0.1) is 0 Å². The number of rotatable bonds is 3. The van der Waals surface area contributed by atoms with Gasteiger partial charge >= 0.3 is 11.9 Å². The van der Waals surface area contributed by atoms with Gasteiger partial charge in [-0.15, -0.1) is 0 Å². The van der Waals surface area contributed by atoms with E-state index in [9.17, 15) is 14.7 Å². The molecule has 0 atom stereocenters. The van der Waals surface area contributed by atoms with Crippen LogP contribution in [-0.4, -0.2) is 37.2 Å². The average molecular weight is 263 g/mol. The van der Waals surface area contributed by atoms with Gasteiger partial charge in [0.05, 0.1) is 23.9 Å². The van der Waals surface area contributed by atoms with Gasteiger partial charge in [0, 0.05) is 13.1 Å². The van der Waals surface area contributed by atoms with Crippen molar-refractivity contribution in [3.63, 3.8) is 0 Å². The van der Waals surface area contributed by atoms with E-state index >= 15 is 0 Å². The van der Waals surface area contributed by atoms with Crippen LogP contribution in [0.1, 0.15) is 40.0 Å². The summed E-state index contributed by atoms with van der Waals surface area (Å²) in [6.07, 6.45) is 3.16. The Kier molecular flexibility index (Phi) is 4.04. The van der Waals surface area contributed by atoms with Crippen LogP contribution in [0.2, 0.25) is 0 Å².